The second-order valence-electron chi connectivity index (χ2n) is 7.03. The van der Waals surface area contributed by atoms with Gasteiger partial charge in [-0.3, -0.25) is 4.79 Å². The second kappa shape index (κ2) is 8.65. The Bertz CT molecular complexity index is 1030. The molecule has 0 atom stereocenters. The van der Waals surface area contributed by atoms with Crippen molar-refractivity contribution in [1.82, 2.24) is 19.8 Å². The van der Waals surface area contributed by atoms with Crippen molar-refractivity contribution >= 4 is 44.6 Å². The van der Waals surface area contributed by atoms with Crippen molar-refractivity contribution in [2.24, 2.45) is 0 Å². The number of carbonyl (C=O) groups excluding carboxylic acids is 2. The number of hydrogen-bond acceptors (Lipinski definition) is 3. The standard InChI is InChI=1S/C21H22BrN5O2/c22-16-4-6-17(7-5-16)25-21(29)23-9-12-27-14-24-18-13-15(3-8-19(18)27)20(28)26-10-1-2-11-26/h3-8,13-14H,1-2,9-12H2,(H2,23,25,29). The lowest BCUT2D eigenvalue weighted by atomic mass is 10.1. The number of amides is 3. The van der Waals surface area contributed by atoms with Crippen LogP contribution in [0.2, 0.25) is 0 Å². The fraction of sp³-hybridized carbons (Fsp3) is 0.286. The van der Waals surface area contributed by atoms with Crippen LogP contribution in [0.5, 0.6) is 0 Å². The minimum atomic E-state index is -0.254. The van der Waals surface area contributed by atoms with E-state index in [4.69, 9.17) is 0 Å². The summed E-state index contributed by atoms with van der Waals surface area (Å²) in [4.78, 5) is 30.9. The first-order chi connectivity index (χ1) is 14.1. The summed E-state index contributed by atoms with van der Waals surface area (Å²) in [5, 5.41) is 5.64. The quantitative estimate of drug-likeness (QED) is 0.612. The van der Waals surface area contributed by atoms with E-state index in [1.54, 1.807) is 6.33 Å². The van der Waals surface area contributed by atoms with E-state index >= 15 is 0 Å². The Morgan fingerprint density at radius 3 is 2.59 bits per heavy atom. The van der Waals surface area contributed by atoms with Gasteiger partial charge in [0.2, 0.25) is 0 Å². The smallest absolute Gasteiger partial charge is 0.319 e. The third-order valence-corrected chi connectivity index (χ3v) is 5.53. The molecular weight excluding hydrogens is 434 g/mol. The number of imidazole rings is 1. The summed E-state index contributed by atoms with van der Waals surface area (Å²) < 4.78 is 2.93. The van der Waals surface area contributed by atoms with Gasteiger partial charge in [-0.05, 0) is 55.3 Å². The number of benzene rings is 2. The lowest BCUT2D eigenvalue weighted by Gasteiger charge is -2.15. The zero-order chi connectivity index (χ0) is 20.2. The molecule has 0 spiro atoms. The molecule has 150 valence electrons. The molecule has 1 aliphatic rings. The Kier molecular flexibility index (Phi) is 5.80. The molecule has 7 nitrogen and oxygen atoms in total. The van der Waals surface area contributed by atoms with Crippen LogP contribution >= 0.6 is 15.9 Å². The van der Waals surface area contributed by atoms with Gasteiger partial charge in [-0.15, -0.1) is 0 Å². The van der Waals surface area contributed by atoms with Crippen molar-refractivity contribution in [2.45, 2.75) is 19.4 Å². The van der Waals surface area contributed by atoms with Crippen LogP contribution in [0.4, 0.5) is 10.5 Å². The number of nitrogens with one attached hydrogen (secondary N) is 2. The molecule has 29 heavy (non-hydrogen) atoms. The molecule has 1 aliphatic heterocycles. The van der Waals surface area contributed by atoms with Crippen LogP contribution in [0.25, 0.3) is 11.0 Å². The van der Waals surface area contributed by atoms with E-state index < -0.39 is 0 Å². The van der Waals surface area contributed by atoms with Gasteiger partial charge in [0.15, 0.2) is 0 Å². The number of likely N-dealkylation sites (tertiary alicyclic amines) is 1. The number of fused-ring (bicyclic) bond motifs is 1. The Labute approximate surface area is 177 Å². The lowest BCUT2D eigenvalue weighted by Crippen LogP contribution is -2.31. The van der Waals surface area contributed by atoms with Gasteiger partial charge in [-0.25, -0.2) is 9.78 Å². The van der Waals surface area contributed by atoms with Crippen molar-refractivity contribution in [2.75, 3.05) is 25.0 Å². The van der Waals surface area contributed by atoms with Gasteiger partial charge < -0.3 is 20.1 Å². The van der Waals surface area contributed by atoms with E-state index in [1.807, 2.05) is 51.9 Å². The Morgan fingerprint density at radius 2 is 1.83 bits per heavy atom. The summed E-state index contributed by atoms with van der Waals surface area (Å²) in [5.41, 5.74) is 3.14. The minimum Gasteiger partial charge on any atom is -0.339 e. The highest BCUT2D eigenvalue weighted by atomic mass is 79.9. The molecule has 3 aromatic rings. The summed E-state index contributed by atoms with van der Waals surface area (Å²) in [6.07, 6.45) is 3.89. The molecular formula is C21H22BrN5O2. The predicted octanol–water partition coefficient (Wildman–Crippen LogP) is 3.86. The number of nitrogens with zero attached hydrogens (tertiary/aromatic N) is 3. The maximum Gasteiger partial charge on any atom is 0.319 e. The number of rotatable bonds is 5. The molecule has 0 aliphatic carbocycles. The van der Waals surface area contributed by atoms with Gasteiger partial charge >= 0.3 is 6.03 Å². The summed E-state index contributed by atoms with van der Waals surface area (Å²) in [6, 6.07) is 12.8. The Morgan fingerprint density at radius 1 is 1.07 bits per heavy atom. The van der Waals surface area contributed by atoms with E-state index in [1.165, 1.54) is 0 Å². The van der Waals surface area contributed by atoms with Gasteiger partial charge in [0, 0.05) is 41.9 Å². The first-order valence-electron chi connectivity index (χ1n) is 9.65. The zero-order valence-corrected chi connectivity index (χ0v) is 17.5. The molecule has 8 heteroatoms. The molecule has 2 aromatic carbocycles. The van der Waals surface area contributed by atoms with E-state index in [2.05, 4.69) is 31.5 Å². The average Bonchev–Trinajstić information content (AvgIpc) is 3.39. The summed E-state index contributed by atoms with van der Waals surface area (Å²) in [6.45, 7) is 2.71. The monoisotopic (exact) mass is 455 g/mol. The third kappa shape index (κ3) is 4.59. The molecule has 1 aromatic heterocycles. The van der Waals surface area contributed by atoms with Gasteiger partial charge in [0.1, 0.15) is 0 Å². The molecule has 2 N–H and O–H groups in total. The van der Waals surface area contributed by atoms with Crippen LogP contribution in [0.15, 0.2) is 53.3 Å². The van der Waals surface area contributed by atoms with Gasteiger partial charge in [-0.1, -0.05) is 15.9 Å². The normalized spacial score (nSPS) is 13.6. The van der Waals surface area contributed by atoms with Crippen molar-refractivity contribution in [3.8, 4) is 0 Å². The highest BCUT2D eigenvalue weighted by molar-refractivity contribution is 9.10. The third-order valence-electron chi connectivity index (χ3n) is 5.00. The van der Waals surface area contributed by atoms with Crippen molar-refractivity contribution in [3.05, 3.63) is 58.8 Å². The molecule has 0 unspecified atom stereocenters. The maximum atomic E-state index is 12.5. The number of aromatic nitrogens is 2. The lowest BCUT2D eigenvalue weighted by molar-refractivity contribution is 0.0793. The molecule has 0 saturated carbocycles. The molecule has 4 rings (SSSR count). The second-order valence-corrected chi connectivity index (χ2v) is 7.94. The predicted molar refractivity (Wildman–Crippen MR) is 116 cm³/mol. The SMILES string of the molecule is O=C(NCCn1cnc2cc(C(=O)N3CCCC3)ccc21)Nc1ccc(Br)cc1. The summed E-state index contributed by atoms with van der Waals surface area (Å²) >= 11 is 3.37. The molecule has 2 heterocycles. The van der Waals surface area contributed by atoms with Crippen molar-refractivity contribution in [1.29, 1.82) is 0 Å². The van der Waals surface area contributed by atoms with E-state index in [0.29, 0.717) is 18.7 Å². The minimum absolute atomic E-state index is 0.0743. The van der Waals surface area contributed by atoms with Crippen LogP contribution in [0, 0.1) is 0 Å². The first kappa shape index (κ1) is 19.4. The molecule has 1 fully saturated rings. The van der Waals surface area contributed by atoms with E-state index in [-0.39, 0.29) is 11.9 Å². The molecule has 1 saturated heterocycles. The number of halogens is 1. The zero-order valence-electron chi connectivity index (χ0n) is 15.9. The van der Waals surface area contributed by atoms with E-state index in [0.717, 1.165) is 47.1 Å². The Balaban J connectivity index is 1.34. The maximum absolute atomic E-state index is 12.5. The summed E-state index contributed by atoms with van der Waals surface area (Å²) in [5.74, 6) is 0.0743. The summed E-state index contributed by atoms with van der Waals surface area (Å²) in [7, 11) is 0. The molecule has 0 radical (unpaired) electrons. The fourth-order valence-corrected chi connectivity index (χ4v) is 3.74. The Hall–Kier alpha value is -2.87. The van der Waals surface area contributed by atoms with E-state index in [9.17, 15) is 9.59 Å². The highest BCUT2D eigenvalue weighted by Crippen LogP contribution is 2.18. The molecule has 0 bridgehead atoms. The van der Waals surface area contributed by atoms with Crippen LogP contribution in [0.1, 0.15) is 23.2 Å². The first-order valence-corrected chi connectivity index (χ1v) is 10.4. The largest absolute Gasteiger partial charge is 0.339 e. The van der Waals surface area contributed by atoms with Crippen molar-refractivity contribution in [3.63, 3.8) is 0 Å². The number of hydrogen-bond donors (Lipinski definition) is 2. The van der Waals surface area contributed by atoms with Crippen LogP contribution in [0.3, 0.4) is 0 Å². The average molecular weight is 456 g/mol. The van der Waals surface area contributed by atoms with Gasteiger partial charge in [-0.2, -0.15) is 0 Å². The fourth-order valence-electron chi connectivity index (χ4n) is 3.48. The topological polar surface area (TPSA) is 79.3 Å². The van der Waals surface area contributed by atoms with Crippen molar-refractivity contribution < 1.29 is 9.59 Å². The number of anilines is 1. The van der Waals surface area contributed by atoms with Crippen LogP contribution in [-0.2, 0) is 6.54 Å². The highest BCUT2D eigenvalue weighted by Gasteiger charge is 2.20. The van der Waals surface area contributed by atoms with Crippen LogP contribution in [-0.4, -0.2) is 46.0 Å². The number of carbonyl (C=O) groups is 2. The van der Waals surface area contributed by atoms with Gasteiger partial charge in [0.25, 0.3) is 5.91 Å². The molecule has 3 amide bonds. The van der Waals surface area contributed by atoms with Gasteiger partial charge in [0.05, 0.1) is 17.4 Å². The number of urea groups is 1. The van der Waals surface area contributed by atoms with Crippen LogP contribution < -0.4 is 10.6 Å².